The van der Waals surface area contributed by atoms with E-state index in [2.05, 4.69) is 55.5 Å². The number of hydrogen-bond acceptors (Lipinski definition) is 4. The zero-order valence-electron chi connectivity index (χ0n) is 15.8. The van der Waals surface area contributed by atoms with Gasteiger partial charge in [0.1, 0.15) is 19.1 Å². The van der Waals surface area contributed by atoms with Gasteiger partial charge in [0.15, 0.2) is 11.8 Å². The van der Waals surface area contributed by atoms with Crippen LogP contribution in [0.3, 0.4) is 0 Å². The van der Waals surface area contributed by atoms with Crippen LogP contribution in [0.1, 0.15) is 24.5 Å². The molecule has 4 rings (SSSR count). The van der Waals surface area contributed by atoms with Crippen LogP contribution in [-0.4, -0.2) is 37.1 Å². The summed E-state index contributed by atoms with van der Waals surface area (Å²) in [6, 6.07) is 21.3. The van der Waals surface area contributed by atoms with Crippen LogP contribution in [0.4, 0.5) is 0 Å². The number of rotatable bonds is 7. The molecule has 0 saturated carbocycles. The predicted octanol–water partition coefficient (Wildman–Crippen LogP) is 4.09. The normalized spacial score (nSPS) is 22.6. The molecule has 27 heavy (non-hydrogen) atoms. The van der Waals surface area contributed by atoms with E-state index in [9.17, 15) is 0 Å². The minimum Gasteiger partial charge on any atom is -0.478 e. The second kappa shape index (κ2) is 8.38. The number of benzene rings is 2. The fourth-order valence-corrected chi connectivity index (χ4v) is 3.69. The highest BCUT2D eigenvalue weighted by molar-refractivity contribution is 6.01. The first-order valence-corrected chi connectivity index (χ1v) is 9.80. The van der Waals surface area contributed by atoms with Crippen molar-refractivity contribution in [2.24, 2.45) is 15.9 Å². The van der Waals surface area contributed by atoms with Gasteiger partial charge in [-0.15, -0.1) is 0 Å². The Kier molecular flexibility index (Phi) is 5.52. The molecule has 2 unspecified atom stereocenters. The molecule has 0 bridgehead atoms. The number of aliphatic imine (C=N–C) groups is 2. The third-order valence-corrected chi connectivity index (χ3v) is 5.10. The molecule has 0 saturated heterocycles. The van der Waals surface area contributed by atoms with Gasteiger partial charge >= 0.3 is 0 Å². The van der Waals surface area contributed by atoms with Crippen LogP contribution in [0.15, 0.2) is 70.6 Å². The Morgan fingerprint density at radius 2 is 1.22 bits per heavy atom. The minimum absolute atomic E-state index is 0.0338. The fourth-order valence-electron chi connectivity index (χ4n) is 3.69. The Balaban J connectivity index is 1.41. The van der Waals surface area contributed by atoms with Gasteiger partial charge in [-0.1, -0.05) is 67.6 Å². The lowest BCUT2D eigenvalue weighted by atomic mass is 10.1. The molecule has 4 nitrogen and oxygen atoms in total. The van der Waals surface area contributed by atoms with Crippen molar-refractivity contribution >= 4 is 11.8 Å². The molecular formula is C23H26N2O2. The molecular weight excluding hydrogens is 336 g/mol. The van der Waals surface area contributed by atoms with Crippen LogP contribution in [-0.2, 0) is 22.3 Å². The Bertz CT molecular complexity index is 734. The van der Waals surface area contributed by atoms with Crippen LogP contribution in [0.2, 0.25) is 0 Å². The summed E-state index contributed by atoms with van der Waals surface area (Å²) in [6.07, 6.45) is 2.70. The molecule has 2 aromatic carbocycles. The molecule has 0 spiro atoms. The SMILES string of the molecule is CCC(C1=NC(Cc2ccccc2)CO1)C1=NC(Cc2ccccc2)CO1. The molecule has 140 valence electrons. The van der Waals surface area contributed by atoms with Crippen molar-refractivity contribution in [1.82, 2.24) is 0 Å². The van der Waals surface area contributed by atoms with Crippen LogP contribution >= 0.6 is 0 Å². The van der Waals surface area contributed by atoms with Crippen molar-refractivity contribution in [2.75, 3.05) is 13.2 Å². The van der Waals surface area contributed by atoms with E-state index in [0.717, 1.165) is 31.1 Å². The molecule has 4 heteroatoms. The molecule has 0 aliphatic carbocycles. The van der Waals surface area contributed by atoms with Crippen molar-refractivity contribution in [2.45, 2.75) is 38.3 Å². The summed E-state index contributed by atoms with van der Waals surface area (Å²) >= 11 is 0. The zero-order chi connectivity index (χ0) is 18.5. The Hall–Kier alpha value is -2.62. The van der Waals surface area contributed by atoms with Crippen molar-refractivity contribution in [3.05, 3.63) is 71.8 Å². The predicted molar refractivity (Wildman–Crippen MR) is 108 cm³/mol. The number of hydrogen-bond donors (Lipinski definition) is 0. The maximum atomic E-state index is 5.95. The van der Waals surface area contributed by atoms with Crippen molar-refractivity contribution < 1.29 is 9.47 Å². The highest BCUT2D eigenvalue weighted by atomic mass is 16.5. The zero-order valence-corrected chi connectivity index (χ0v) is 15.8. The lowest BCUT2D eigenvalue weighted by Crippen LogP contribution is -2.24. The standard InChI is InChI=1S/C23H26N2O2/c1-2-21(22-24-19(15-26-22)13-17-9-5-3-6-10-17)23-25-20(16-27-23)14-18-11-7-4-8-12-18/h3-12,19-21H,2,13-16H2,1H3. The van der Waals surface area contributed by atoms with Gasteiger partial charge in [-0.2, -0.15) is 0 Å². The Morgan fingerprint density at radius 1 is 0.778 bits per heavy atom. The summed E-state index contributed by atoms with van der Waals surface area (Å²) in [4.78, 5) is 9.68. The summed E-state index contributed by atoms with van der Waals surface area (Å²) in [5, 5.41) is 0. The van der Waals surface area contributed by atoms with Gasteiger partial charge in [-0.25, -0.2) is 9.98 Å². The van der Waals surface area contributed by atoms with Crippen molar-refractivity contribution in [3.63, 3.8) is 0 Å². The molecule has 0 N–H and O–H groups in total. The maximum Gasteiger partial charge on any atom is 0.196 e. The average molecular weight is 362 g/mol. The van der Waals surface area contributed by atoms with E-state index in [1.165, 1.54) is 11.1 Å². The van der Waals surface area contributed by atoms with Gasteiger partial charge < -0.3 is 9.47 Å². The van der Waals surface area contributed by atoms with E-state index in [4.69, 9.17) is 19.5 Å². The molecule has 0 radical (unpaired) electrons. The van der Waals surface area contributed by atoms with Crippen LogP contribution in [0, 0.1) is 5.92 Å². The van der Waals surface area contributed by atoms with Crippen LogP contribution in [0.5, 0.6) is 0 Å². The van der Waals surface area contributed by atoms with E-state index in [-0.39, 0.29) is 18.0 Å². The first kappa shape index (κ1) is 17.8. The molecule has 0 amide bonds. The minimum atomic E-state index is 0.0338. The second-order valence-corrected chi connectivity index (χ2v) is 7.20. The van der Waals surface area contributed by atoms with E-state index >= 15 is 0 Å². The highest BCUT2D eigenvalue weighted by Crippen LogP contribution is 2.23. The smallest absolute Gasteiger partial charge is 0.196 e. The first-order chi connectivity index (χ1) is 13.3. The van der Waals surface area contributed by atoms with Gasteiger partial charge in [0, 0.05) is 0 Å². The van der Waals surface area contributed by atoms with Gasteiger partial charge in [0.25, 0.3) is 0 Å². The first-order valence-electron chi connectivity index (χ1n) is 9.80. The summed E-state index contributed by atoms with van der Waals surface area (Å²) in [5.74, 6) is 1.61. The lowest BCUT2D eigenvalue weighted by Gasteiger charge is -2.13. The third-order valence-electron chi connectivity index (χ3n) is 5.10. The summed E-state index contributed by atoms with van der Waals surface area (Å²) in [7, 11) is 0. The quantitative estimate of drug-likeness (QED) is 0.744. The van der Waals surface area contributed by atoms with Gasteiger partial charge in [-0.05, 0) is 30.4 Å². The monoisotopic (exact) mass is 362 g/mol. The lowest BCUT2D eigenvalue weighted by molar-refractivity contribution is 0.281. The highest BCUT2D eigenvalue weighted by Gasteiger charge is 2.33. The van der Waals surface area contributed by atoms with Gasteiger partial charge in [0.2, 0.25) is 0 Å². The molecule has 0 fully saturated rings. The second-order valence-electron chi connectivity index (χ2n) is 7.20. The van der Waals surface area contributed by atoms with Gasteiger partial charge in [0.05, 0.1) is 12.1 Å². The molecule has 2 atom stereocenters. The summed E-state index contributed by atoms with van der Waals surface area (Å²) in [6.45, 7) is 3.42. The topological polar surface area (TPSA) is 43.2 Å². The fraction of sp³-hybridized carbons (Fsp3) is 0.391. The Morgan fingerprint density at radius 3 is 1.63 bits per heavy atom. The van der Waals surface area contributed by atoms with Crippen LogP contribution < -0.4 is 0 Å². The van der Waals surface area contributed by atoms with Crippen LogP contribution in [0.25, 0.3) is 0 Å². The van der Waals surface area contributed by atoms with Crippen molar-refractivity contribution in [3.8, 4) is 0 Å². The van der Waals surface area contributed by atoms with E-state index in [1.807, 2.05) is 12.1 Å². The molecule has 2 aliphatic rings. The largest absolute Gasteiger partial charge is 0.478 e. The van der Waals surface area contributed by atoms with E-state index in [1.54, 1.807) is 0 Å². The number of ether oxygens (including phenoxy) is 2. The van der Waals surface area contributed by atoms with E-state index < -0.39 is 0 Å². The third kappa shape index (κ3) is 4.38. The molecule has 2 aliphatic heterocycles. The summed E-state index contributed by atoms with van der Waals surface area (Å²) in [5.41, 5.74) is 2.59. The molecule has 0 aromatic heterocycles. The molecule has 2 aromatic rings. The van der Waals surface area contributed by atoms with E-state index in [0.29, 0.717) is 13.2 Å². The Labute approximate surface area is 161 Å². The molecule has 2 heterocycles. The summed E-state index contributed by atoms with van der Waals surface area (Å²) < 4.78 is 11.9. The average Bonchev–Trinajstić information content (AvgIpc) is 3.35. The van der Waals surface area contributed by atoms with Crippen molar-refractivity contribution in [1.29, 1.82) is 0 Å². The number of nitrogens with zero attached hydrogens (tertiary/aromatic N) is 2. The van der Waals surface area contributed by atoms with Gasteiger partial charge in [-0.3, -0.25) is 0 Å². The maximum absolute atomic E-state index is 5.95.